The smallest absolute Gasteiger partial charge is 0.349 e. The lowest BCUT2D eigenvalue weighted by molar-refractivity contribution is 0.0606. The van der Waals surface area contributed by atoms with E-state index in [1.54, 1.807) is 6.20 Å². The van der Waals surface area contributed by atoms with Crippen LogP contribution in [0.15, 0.2) is 6.20 Å². The Kier molecular flexibility index (Phi) is 4.19. The number of thiazole rings is 1. The molecule has 1 aliphatic rings. The van der Waals surface area contributed by atoms with Crippen LogP contribution in [0, 0.1) is 0 Å². The Bertz CT molecular complexity index is 421. The summed E-state index contributed by atoms with van der Waals surface area (Å²) in [6.07, 6.45) is 1.60. The first-order valence-electron chi connectivity index (χ1n) is 6.18. The highest BCUT2D eigenvalue weighted by Gasteiger charge is 2.24. The van der Waals surface area contributed by atoms with E-state index in [-0.39, 0.29) is 5.97 Å². The highest BCUT2D eigenvalue weighted by atomic mass is 32.1. The molecule has 1 unspecified atom stereocenters. The molecule has 1 aromatic heterocycles. The van der Waals surface area contributed by atoms with E-state index in [0.29, 0.717) is 10.9 Å². The molecule has 5 nitrogen and oxygen atoms in total. The molecule has 18 heavy (non-hydrogen) atoms. The van der Waals surface area contributed by atoms with Crippen LogP contribution in [0.1, 0.15) is 23.5 Å². The summed E-state index contributed by atoms with van der Waals surface area (Å²) in [6, 6.07) is 0.522. The van der Waals surface area contributed by atoms with Crippen molar-refractivity contribution in [2.45, 2.75) is 19.9 Å². The van der Waals surface area contributed by atoms with Gasteiger partial charge in [0.15, 0.2) is 5.13 Å². The van der Waals surface area contributed by atoms with Gasteiger partial charge in [-0.15, -0.1) is 0 Å². The number of carbonyl (C=O) groups is 1. The normalized spacial score (nSPS) is 21.1. The van der Waals surface area contributed by atoms with Crippen molar-refractivity contribution < 1.29 is 9.53 Å². The van der Waals surface area contributed by atoms with Crippen molar-refractivity contribution in [2.75, 3.05) is 38.2 Å². The fourth-order valence-electron chi connectivity index (χ4n) is 2.24. The number of hydrogen-bond acceptors (Lipinski definition) is 6. The second kappa shape index (κ2) is 5.67. The van der Waals surface area contributed by atoms with Gasteiger partial charge in [-0.3, -0.25) is 4.90 Å². The second-order valence-corrected chi connectivity index (χ2v) is 5.43. The Morgan fingerprint density at radius 1 is 1.61 bits per heavy atom. The van der Waals surface area contributed by atoms with Gasteiger partial charge in [-0.05, 0) is 13.5 Å². The molecule has 2 rings (SSSR count). The molecule has 1 atom stereocenters. The molecule has 2 heterocycles. The third-order valence-corrected chi connectivity index (χ3v) is 4.36. The van der Waals surface area contributed by atoms with Crippen LogP contribution in [-0.4, -0.2) is 55.2 Å². The molecule has 0 saturated carbocycles. The first-order chi connectivity index (χ1) is 8.65. The lowest BCUT2D eigenvalue weighted by Gasteiger charge is -2.39. The van der Waals surface area contributed by atoms with Crippen LogP contribution in [0.4, 0.5) is 5.13 Å². The Morgan fingerprint density at radius 3 is 3.00 bits per heavy atom. The molecule has 0 N–H and O–H groups in total. The van der Waals surface area contributed by atoms with E-state index in [4.69, 9.17) is 4.74 Å². The van der Waals surface area contributed by atoms with Gasteiger partial charge in [0.05, 0.1) is 13.3 Å². The number of ether oxygens (including phenoxy) is 1. The number of anilines is 1. The van der Waals surface area contributed by atoms with Crippen LogP contribution in [-0.2, 0) is 4.74 Å². The minimum Gasteiger partial charge on any atom is -0.465 e. The van der Waals surface area contributed by atoms with Crippen LogP contribution in [0.2, 0.25) is 0 Å². The van der Waals surface area contributed by atoms with Gasteiger partial charge in [0.1, 0.15) is 4.88 Å². The van der Waals surface area contributed by atoms with Gasteiger partial charge < -0.3 is 9.64 Å². The van der Waals surface area contributed by atoms with Crippen molar-refractivity contribution in [3.63, 3.8) is 0 Å². The lowest BCUT2D eigenvalue weighted by atomic mass is 10.2. The van der Waals surface area contributed by atoms with Crippen LogP contribution in [0.25, 0.3) is 0 Å². The second-order valence-electron chi connectivity index (χ2n) is 4.42. The summed E-state index contributed by atoms with van der Waals surface area (Å²) in [6.45, 7) is 8.47. The number of likely N-dealkylation sites (N-methyl/N-ethyl adjacent to an activating group) is 1. The number of rotatable bonds is 3. The molecule has 0 radical (unpaired) electrons. The molecule has 0 bridgehead atoms. The highest BCUT2D eigenvalue weighted by Crippen LogP contribution is 2.25. The van der Waals surface area contributed by atoms with Crippen molar-refractivity contribution in [1.82, 2.24) is 9.88 Å². The average Bonchev–Trinajstić information content (AvgIpc) is 2.87. The maximum Gasteiger partial charge on any atom is 0.349 e. The minimum atomic E-state index is -0.306. The van der Waals surface area contributed by atoms with Crippen molar-refractivity contribution in [2.24, 2.45) is 0 Å². The monoisotopic (exact) mass is 269 g/mol. The maximum absolute atomic E-state index is 11.4. The molecule has 1 aliphatic heterocycles. The number of carbonyl (C=O) groups excluding carboxylic acids is 1. The molecule has 1 aromatic rings. The SMILES string of the molecule is CCN1CCN(c2ncc(C(=O)OC)s2)CC1C. The summed E-state index contributed by atoms with van der Waals surface area (Å²) in [5, 5.41) is 0.915. The van der Waals surface area contributed by atoms with E-state index in [9.17, 15) is 4.79 Å². The quantitative estimate of drug-likeness (QED) is 0.777. The molecule has 100 valence electrons. The molecule has 1 fully saturated rings. The van der Waals surface area contributed by atoms with Crippen LogP contribution < -0.4 is 4.90 Å². The number of hydrogen-bond donors (Lipinski definition) is 0. The maximum atomic E-state index is 11.4. The summed E-state index contributed by atoms with van der Waals surface area (Å²) in [4.78, 5) is 21.0. The molecular weight excluding hydrogens is 250 g/mol. The zero-order valence-electron chi connectivity index (χ0n) is 11.0. The van der Waals surface area contributed by atoms with Crippen molar-refractivity contribution in [3.8, 4) is 0 Å². The third-order valence-electron chi connectivity index (χ3n) is 3.32. The van der Waals surface area contributed by atoms with E-state index in [0.717, 1.165) is 31.3 Å². The first-order valence-corrected chi connectivity index (χ1v) is 7.00. The van der Waals surface area contributed by atoms with Gasteiger partial charge >= 0.3 is 5.97 Å². The molecule has 1 saturated heterocycles. The fourth-order valence-corrected chi connectivity index (χ4v) is 3.11. The minimum absolute atomic E-state index is 0.306. The van der Waals surface area contributed by atoms with E-state index >= 15 is 0 Å². The zero-order valence-corrected chi connectivity index (χ0v) is 11.9. The fraction of sp³-hybridized carbons (Fsp3) is 0.667. The molecular formula is C12H19N3O2S. The predicted molar refractivity (Wildman–Crippen MR) is 72.4 cm³/mol. The standard InChI is InChI=1S/C12H19N3O2S/c1-4-14-5-6-15(8-9(14)2)12-13-7-10(18-12)11(16)17-3/h7,9H,4-6,8H2,1-3H3. The van der Waals surface area contributed by atoms with Crippen molar-refractivity contribution >= 4 is 22.4 Å². The summed E-state index contributed by atoms with van der Waals surface area (Å²) in [5.74, 6) is -0.306. The Hall–Kier alpha value is -1.14. The molecule has 0 aliphatic carbocycles. The molecule has 0 amide bonds. The Morgan fingerprint density at radius 2 is 2.39 bits per heavy atom. The van der Waals surface area contributed by atoms with Gasteiger partial charge in [-0.1, -0.05) is 18.3 Å². The van der Waals surface area contributed by atoms with E-state index < -0.39 is 0 Å². The molecule has 0 spiro atoms. The van der Waals surface area contributed by atoms with Crippen LogP contribution in [0.5, 0.6) is 0 Å². The summed E-state index contributed by atoms with van der Waals surface area (Å²) < 4.78 is 4.70. The first kappa shape index (κ1) is 13.3. The van der Waals surface area contributed by atoms with Gasteiger partial charge in [0.2, 0.25) is 0 Å². The predicted octanol–water partition coefficient (Wildman–Crippen LogP) is 1.46. The van der Waals surface area contributed by atoms with Crippen LogP contribution >= 0.6 is 11.3 Å². The summed E-state index contributed by atoms with van der Waals surface area (Å²) >= 11 is 1.40. The molecule has 6 heteroatoms. The number of piperazine rings is 1. The van der Waals surface area contributed by atoms with E-state index in [1.807, 2.05) is 0 Å². The van der Waals surface area contributed by atoms with Crippen molar-refractivity contribution in [1.29, 1.82) is 0 Å². The largest absolute Gasteiger partial charge is 0.465 e. The van der Waals surface area contributed by atoms with Gasteiger partial charge in [0, 0.05) is 25.7 Å². The van der Waals surface area contributed by atoms with Gasteiger partial charge in [-0.25, -0.2) is 9.78 Å². The van der Waals surface area contributed by atoms with Crippen molar-refractivity contribution in [3.05, 3.63) is 11.1 Å². The summed E-state index contributed by atoms with van der Waals surface area (Å²) in [7, 11) is 1.39. The number of aromatic nitrogens is 1. The highest BCUT2D eigenvalue weighted by molar-refractivity contribution is 7.17. The van der Waals surface area contributed by atoms with Crippen LogP contribution in [0.3, 0.4) is 0 Å². The Labute approximate surface area is 111 Å². The summed E-state index contributed by atoms with van der Waals surface area (Å²) in [5.41, 5.74) is 0. The van der Waals surface area contributed by atoms with E-state index in [2.05, 4.69) is 28.6 Å². The number of nitrogens with zero attached hydrogens (tertiary/aromatic N) is 3. The Balaban J connectivity index is 2.04. The third kappa shape index (κ3) is 2.64. The topological polar surface area (TPSA) is 45.7 Å². The number of esters is 1. The zero-order chi connectivity index (χ0) is 13.1. The van der Waals surface area contributed by atoms with Gasteiger partial charge in [0.25, 0.3) is 0 Å². The van der Waals surface area contributed by atoms with E-state index in [1.165, 1.54) is 18.4 Å². The average molecular weight is 269 g/mol. The lowest BCUT2D eigenvalue weighted by Crippen LogP contribution is -2.51. The van der Waals surface area contributed by atoms with Gasteiger partial charge in [-0.2, -0.15) is 0 Å². The molecule has 0 aromatic carbocycles. The number of methoxy groups -OCH3 is 1.